The van der Waals surface area contributed by atoms with Gasteiger partial charge in [0.05, 0.1) is 62.2 Å². The van der Waals surface area contributed by atoms with E-state index in [4.69, 9.17) is 43.0 Å². The van der Waals surface area contributed by atoms with Crippen LogP contribution >= 0.6 is 0 Å². The van der Waals surface area contributed by atoms with E-state index in [9.17, 15) is 75.7 Å². The maximum atomic E-state index is 15.1. The zero-order valence-corrected chi connectivity index (χ0v) is 66.6. The number of ketones is 1. The average molecular weight is 1630 g/mol. The molecule has 4 aliphatic heterocycles. The van der Waals surface area contributed by atoms with Crippen LogP contribution in [0.3, 0.4) is 0 Å². The largest absolute Gasteiger partial charge is 0.394 e. The lowest BCUT2D eigenvalue weighted by atomic mass is 9.84. The number of aliphatic hydroxyl groups is 12. The number of hydrogen-bond donors (Lipinski definition) is 16. The number of aliphatic hydroxyl groups excluding tert-OH is 12. The predicted octanol–water partition coefficient (Wildman–Crippen LogP) is -4.02. The molecule has 114 heavy (non-hydrogen) atoms. The van der Waals surface area contributed by atoms with E-state index in [0.717, 1.165) is 12.8 Å². The number of carbonyl (C=O) groups is 4. The van der Waals surface area contributed by atoms with Crippen LogP contribution in [0.5, 0.6) is 0 Å². The predicted molar refractivity (Wildman–Crippen MR) is 397 cm³/mol. The standard InChI is InChI=1S/C73H125N17O24/c1-44-60(98)61(99)53(40-91)111-69(44)107-28-18-8-13-26-89-38-50(79-83-89)34-86(35-51-39-90(84-80-51)27-16-11-21-31-110-72-59(76-47(4)97)67(105)64(102)56(43-94)114-72)52(68(106)73(5,6)7)22-12-17-23-85(32-48-36-87(81-77-48)24-14-9-19-29-108-70-57(74-45(2)95)65(103)62(100)54(41-92)112-70)33-49-37-88(82-78-49)25-15-10-20-30-109-71-58(75-46(3)96)66(104)63(101)55(42-93)113-71/h36-39,44,52-67,69-72,91-94,98-105H,8-35,40-43H2,1-7H3,(H3,74,75,76,95,96,97)/p+1/t44-,52+,53-,54-,55-,56-,57-,58-,59-,60-,61+,62+,63+,64+,65-,66-,67-,69-,70-,71-,72-/m1/s1. The molecule has 646 valence electrons. The van der Waals surface area contributed by atoms with Crippen molar-refractivity contribution in [3.05, 3.63) is 47.6 Å². The molecule has 3 amide bonds. The highest BCUT2D eigenvalue weighted by Crippen LogP contribution is 2.31. The van der Waals surface area contributed by atoms with Crippen molar-refractivity contribution in [2.24, 2.45) is 11.3 Å². The average Bonchev–Trinajstić information content (AvgIpc) is 1.07. The summed E-state index contributed by atoms with van der Waals surface area (Å²) in [5.41, 5.74) is 1.95. The van der Waals surface area contributed by atoms with Gasteiger partial charge in [-0.1, -0.05) is 55.0 Å². The minimum absolute atomic E-state index is 0.0225. The van der Waals surface area contributed by atoms with Gasteiger partial charge in [-0.15, -0.1) is 15.3 Å². The Hall–Kier alpha value is -6.24. The van der Waals surface area contributed by atoms with Crippen molar-refractivity contribution in [2.75, 3.05) is 59.4 Å². The van der Waals surface area contributed by atoms with Gasteiger partial charge in [0.25, 0.3) is 0 Å². The molecule has 8 heterocycles. The van der Waals surface area contributed by atoms with Gasteiger partial charge in [0.2, 0.25) is 23.4 Å². The molecule has 0 saturated carbocycles. The molecular formula is C73H126N17O24+. The summed E-state index contributed by atoms with van der Waals surface area (Å²) in [6.07, 6.45) is -1.79. The third-order valence-electron chi connectivity index (χ3n) is 20.8. The zero-order valence-electron chi connectivity index (χ0n) is 66.6. The number of hydrogen-bond acceptors (Lipinski definition) is 33. The van der Waals surface area contributed by atoms with Crippen LogP contribution in [0.4, 0.5) is 0 Å². The molecule has 41 heteroatoms. The lowest BCUT2D eigenvalue weighted by Crippen LogP contribution is -2.64. The number of Topliss-reactive ketones (excluding diaryl/α,β-unsaturated/α-hetero) is 1. The van der Waals surface area contributed by atoms with Crippen LogP contribution in [-0.4, -0.2) is 332 Å². The molecule has 0 radical (unpaired) electrons. The first-order valence-electron chi connectivity index (χ1n) is 40.0. The third-order valence-corrected chi connectivity index (χ3v) is 20.8. The number of aromatic nitrogens is 12. The topological polar surface area (TPSA) is 552 Å². The Kier molecular flexibility index (Phi) is 38.3. The second kappa shape index (κ2) is 46.8. The summed E-state index contributed by atoms with van der Waals surface area (Å²) in [4.78, 5) is 55.2. The van der Waals surface area contributed by atoms with Crippen LogP contribution in [0.2, 0.25) is 0 Å². The Morgan fingerprint density at radius 3 is 1.23 bits per heavy atom. The summed E-state index contributed by atoms with van der Waals surface area (Å²) in [7, 11) is 0. The number of ether oxygens (including phenoxy) is 8. The Labute approximate surface area is 663 Å². The van der Waals surface area contributed by atoms with Gasteiger partial charge in [-0.05, 0) is 96.4 Å². The van der Waals surface area contributed by atoms with E-state index in [0.29, 0.717) is 159 Å². The van der Waals surface area contributed by atoms with Crippen LogP contribution in [0.25, 0.3) is 0 Å². The minimum Gasteiger partial charge on any atom is -0.394 e. The first kappa shape index (κ1) is 93.3. The van der Waals surface area contributed by atoms with Crippen molar-refractivity contribution < 1.29 is 123 Å². The van der Waals surface area contributed by atoms with E-state index in [1.54, 1.807) is 21.0 Å². The number of H-pyrrole nitrogens is 1. The molecule has 0 spiro atoms. The van der Waals surface area contributed by atoms with Crippen molar-refractivity contribution >= 4 is 23.5 Å². The van der Waals surface area contributed by atoms with Crippen molar-refractivity contribution in [3.8, 4) is 0 Å². The normalized spacial score (nSPS) is 28.5. The summed E-state index contributed by atoms with van der Waals surface area (Å²) in [5, 5.41) is 166. The summed E-state index contributed by atoms with van der Waals surface area (Å²) in [6.45, 7) is 14.1. The molecule has 4 saturated heterocycles. The van der Waals surface area contributed by atoms with Crippen molar-refractivity contribution in [1.82, 2.24) is 81.0 Å². The van der Waals surface area contributed by atoms with Gasteiger partial charge in [0.1, 0.15) is 91.8 Å². The van der Waals surface area contributed by atoms with Gasteiger partial charge in [0, 0.05) is 121 Å². The third kappa shape index (κ3) is 28.2. The summed E-state index contributed by atoms with van der Waals surface area (Å²) >= 11 is 0. The van der Waals surface area contributed by atoms with Gasteiger partial charge in [-0.3, -0.25) is 43.0 Å². The SMILES string of the molecule is CC(=O)N[C@H]1[C@H](OCCCCCn2cc(CN(CCCC[C@@H](C(=O)C(C)(C)C)N(Cc3cn(CCCCCO[C@@H]4O[C@H](CO)[C@H](O)[C@H](O)[C@H]4C)nn3)Cc3c[n+](CCCCCO[C@@H]4O[C@H](CO)[C@H](O)[C@H](O)[C@H]4NC(C)=O)[nH]n3)Cc3cn(CCCCCO[C@@H]4O[C@H](CO)[C@H](O)[C@H](O)[C@H]4NC(C)=O)nn3)nn2)O[C@H](CO)[C@H](O)[C@@H]1O. The molecule has 41 nitrogen and oxygen atoms in total. The molecule has 4 aliphatic rings. The second-order valence-electron chi connectivity index (χ2n) is 31.3. The lowest BCUT2D eigenvalue weighted by Gasteiger charge is -2.42. The number of unbranched alkanes of at least 4 members (excludes halogenated alkanes) is 9. The van der Waals surface area contributed by atoms with Gasteiger partial charge in [-0.25, -0.2) is 0 Å². The van der Waals surface area contributed by atoms with Gasteiger partial charge >= 0.3 is 0 Å². The molecule has 0 bridgehead atoms. The number of amides is 3. The summed E-state index contributed by atoms with van der Waals surface area (Å²) in [6, 6.07) is -3.76. The number of aromatic amines is 1. The quantitative estimate of drug-likeness (QED) is 0.0148. The zero-order chi connectivity index (χ0) is 82.6. The highest BCUT2D eigenvalue weighted by Gasteiger charge is 2.49. The van der Waals surface area contributed by atoms with Crippen molar-refractivity contribution in [2.45, 2.75) is 320 Å². The van der Waals surface area contributed by atoms with Crippen LogP contribution < -0.4 is 20.6 Å². The maximum Gasteiger partial charge on any atom is 0.232 e. The summed E-state index contributed by atoms with van der Waals surface area (Å²) in [5.74, 6) is -1.83. The van der Waals surface area contributed by atoms with Crippen molar-refractivity contribution in [3.63, 3.8) is 0 Å². The Bertz CT molecular complexity index is 3360. The Morgan fingerprint density at radius 1 is 0.482 bits per heavy atom. The number of carbonyl (C=O) groups excluding carboxylic acids is 4. The fourth-order valence-corrected chi connectivity index (χ4v) is 14.4. The molecule has 16 N–H and O–H groups in total. The molecule has 21 atom stereocenters. The summed E-state index contributed by atoms with van der Waals surface area (Å²) < 4.78 is 53.8. The molecular weight excluding hydrogens is 1500 g/mol. The van der Waals surface area contributed by atoms with Crippen LogP contribution in [0.15, 0.2) is 24.8 Å². The molecule has 8 rings (SSSR count). The van der Waals surface area contributed by atoms with Gasteiger partial charge < -0.3 is 115 Å². The van der Waals surface area contributed by atoms with E-state index in [2.05, 4.69) is 61.9 Å². The van der Waals surface area contributed by atoms with Crippen molar-refractivity contribution in [1.29, 1.82) is 0 Å². The number of aryl methyl sites for hydroxylation is 4. The van der Waals surface area contributed by atoms with E-state index in [1.165, 1.54) is 20.8 Å². The molecule has 0 unspecified atom stereocenters. The first-order valence-corrected chi connectivity index (χ1v) is 40.0. The highest BCUT2D eigenvalue weighted by atomic mass is 16.7. The minimum atomic E-state index is -1.43. The molecule has 4 fully saturated rings. The van der Waals surface area contributed by atoms with E-state index < -0.39 is 178 Å². The van der Waals surface area contributed by atoms with E-state index in [1.807, 2.05) is 50.2 Å². The first-order chi connectivity index (χ1) is 54.6. The van der Waals surface area contributed by atoms with Gasteiger partial charge in [0.15, 0.2) is 37.1 Å². The van der Waals surface area contributed by atoms with Crippen LogP contribution in [0.1, 0.15) is 168 Å². The number of nitrogens with one attached hydrogen (secondary N) is 4. The fraction of sp³-hybridized carbons (Fsp3) is 0.836. The fourth-order valence-electron chi connectivity index (χ4n) is 14.4. The lowest BCUT2D eigenvalue weighted by molar-refractivity contribution is -0.754. The molecule has 4 aromatic rings. The second-order valence-corrected chi connectivity index (χ2v) is 31.3. The van der Waals surface area contributed by atoms with E-state index in [-0.39, 0.29) is 38.7 Å². The highest BCUT2D eigenvalue weighted by molar-refractivity contribution is 5.88. The maximum absolute atomic E-state index is 15.1. The molecule has 0 aliphatic carbocycles. The van der Waals surface area contributed by atoms with Crippen LogP contribution in [0, 0.1) is 11.3 Å². The Morgan fingerprint density at radius 2 is 0.842 bits per heavy atom. The number of rotatable bonds is 50. The van der Waals surface area contributed by atoms with E-state index >= 15 is 4.79 Å². The van der Waals surface area contributed by atoms with Crippen LogP contribution in [-0.2, 0) is 109 Å². The molecule has 4 aromatic heterocycles. The Balaban J connectivity index is 0.918. The smallest absolute Gasteiger partial charge is 0.232 e. The molecule has 0 aromatic carbocycles. The monoisotopic (exact) mass is 1620 g/mol. The van der Waals surface area contributed by atoms with Gasteiger partial charge in [-0.2, -0.15) is 4.68 Å². The number of nitrogens with zero attached hydrogens (tertiary/aromatic N) is 13.